The average molecular weight is 277 g/mol. The molecule has 19 heavy (non-hydrogen) atoms. The maximum Gasteiger partial charge on any atom is 0.123 e. The van der Waals surface area contributed by atoms with Crippen LogP contribution in [0.5, 0.6) is 5.75 Å². The van der Waals surface area contributed by atoms with E-state index >= 15 is 0 Å². The monoisotopic (exact) mass is 276 g/mol. The Labute approximate surface area is 117 Å². The van der Waals surface area contributed by atoms with E-state index in [0.717, 1.165) is 16.9 Å². The summed E-state index contributed by atoms with van der Waals surface area (Å²) in [6, 6.07) is 14.1. The van der Waals surface area contributed by atoms with Crippen molar-refractivity contribution < 1.29 is 9.13 Å². The highest BCUT2D eigenvalue weighted by Gasteiger charge is 1.97. The van der Waals surface area contributed by atoms with Crippen molar-refractivity contribution in [3.8, 4) is 5.75 Å². The van der Waals surface area contributed by atoms with Gasteiger partial charge < -0.3 is 4.74 Å². The molecule has 0 aromatic heterocycles. The van der Waals surface area contributed by atoms with E-state index in [1.54, 1.807) is 6.07 Å². The van der Waals surface area contributed by atoms with Gasteiger partial charge in [0.1, 0.15) is 18.2 Å². The molecule has 2 aromatic carbocycles. The predicted octanol–water partition coefficient (Wildman–Crippen LogP) is 4.66. The zero-order valence-electron chi connectivity index (χ0n) is 10.4. The molecule has 2 rings (SSSR count). The number of hydrogen-bond donors (Lipinski definition) is 0. The van der Waals surface area contributed by atoms with Crippen molar-refractivity contribution in [2.24, 2.45) is 0 Å². The van der Waals surface area contributed by atoms with E-state index in [0.29, 0.717) is 12.5 Å². The number of alkyl halides is 1. The quantitative estimate of drug-likeness (QED) is 0.722. The molecule has 0 heterocycles. The SMILES string of the molecule is Fc1cccc(COc2ccc(C=CCCl)cc2)c1. The standard InChI is InChI=1S/C16H14ClFO/c17-10-2-4-13-6-8-16(9-7-13)19-12-14-3-1-5-15(18)11-14/h1-9,11H,10,12H2. The molecule has 0 saturated carbocycles. The third kappa shape index (κ3) is 4.42. The predicted molar refractivity (Wildman–Crippen MR) is 76.9 cm³/mol. The molecule has 0 aliphatic heterocycles. The highest BCUT2D eigenvalue weighted by Crippen LogP contribution is 2.15. The summed E-state index contributed by atoms with van der Waals surface area (Å²) in [5.41, 5.74) is 1.88. The van der Waals surface area contributed by atoms with Crippen LogP contribution in [0.1, 0.15) is 11.1 Å². The summed E-state index contributed by atoms with van der Waals surface area (Å²) in [5, 5.41) is 0. The fourth-order valence-electron chi connectivity index (χ4n) is 1.65. The molecular weight excluding hydrogens is 263 g/mol. The molecule has 2 aromatic rings. The molecule has 0 bridgehead atoms. The van der Waals surface area contributed by atoms with Gasteiger partial charge in [-0.3, -0.25) is 0 Å². The number of rotatable bonds is 5. The molecular formula is C16H14ClFO. The van der Waals surface area contributed by atoms with Crippen molar-refractivity contribution in [2.75, 3.05) is 5.88 Å². The lowest BCUT2D eigenvalue weighted by molar-refractivity contribution is 0.305. The zero-order chi connectivity index (χ0) is 13.5. The molecule has 0 saturated heterocycles. The van der Waals surface area contributed by atoms with E-state index in [4.69, 9.17) is 16.3 Å². The maximum absolute atomic E-state index is 13.0. The summed E-state index contributed by atoms with van der Waals surface area (Å²) in [6.45, 7) is 0.356. The normalized spacial score (nSPS) is 10.8. The van der Waals surface area contributed by atoms with Gasteiger partial charge in [0, 0.05) is 5.88 Å². The van der Waals surface area contributed by atoms with Gasteiger partial charge in [-0.05, 0) is 35.4 Å². The first kappa shape index (κ1) is 13.6. The first-order valence-corrected chi connectivity index (χ1v) is 6.51. The second kappa shape index (κ2) is 6.95. The van der Waals surface area contributed by atoms with Gasteiger partial charge in [-0.2, -0.15) is 0 Å². The van der Waals surface area contributed by atoms with Gasteiger partial charge in [-0.25, -0.2) is 4.39 Å². The Balaban J connectivity index is 1.94. The summed E-state index contributed by atoms with van der Waals surface area (Å²) in [6.07, 6.45) is 3.83. The topological polar surface area (TPSA) is 9.23 Å². The number of ether oxygens (including phenoxy) is 1. The van der Waals surface area contributed by atoms with Gasteiger partial charge in [0.15, 0.2) is 0 Å². The third-order valence-electron chi connectivity index (χ3n) is 2.57. The Morgan fingerprint density at radius 3 is 2.58 bits per heavy atom. The van der Waals surface area contributed by atoms with Crippen molar-refractivity contribution in [1.29, 1.82) is 0 Å². The highest BCUT2D eigenvalue weighted by molar-refractivity contribution is 6.19. The van der Waals surface area contributed by atoms with Gasteiger partial charge in [0.25, 0.3) is 0 Å². The summed E-state index contributed by atoms with van der Waals surface area (Å²) in [5.74, 6) is 1.01. The summed E-state index contributed by atoms with van der Waals surface area (Å²) < 4.78 is 18.6. The summed E-state index contributed by atoms with van der Waals surface area (Å²) in [7, 11) is 0. The number of benzene rings is 2. The molecule has 98 valence electrons. The van der Waals surface area contributed by atoms with Crippen LogP contribution in [0.4, 0.5) is 4.39 Å². The van der Waals surface area contributed by atoms with Crippen molar-refractivity contribution >= 4 is 17.7 Å². The molecule has 0 aliphatic rings. The van der Waals surface area contributed by atoms with Crippen LogP contribution in [0, 0.1) is 5.82 Å². The van der Waals surface area contributed by atoms with Gasteiger partial charge in [0.05, 0.1) is 0 Å². The summed E-state index contributed by atoms with van der Waals surface area (Å²) >= 11 is 5.57. The summed E-state index contributed by atoms with van der Waals surface area (Å²) in [4.78, 5) is 0. The van der Waals surface area contributed by atoms with E-state index in [1.807, 2.05) is 42.5 Å². The fourth-order valence-corrected chi connectivity index (χ4v) is 1.74. The smallest absolute Gasteiger partial charge is 0.123 e. The molecule has 0 radical (unpaired) electrons. The first-order chi connectivity index (χ1) is 9.28. The Morgan fingerprint density at radius 2 is 1.89 bits per heavy atom. The van der Waals surface area contributed by atoms with Crippen molar-refractivity contribution in [3.63, 3.8) is 0 Å². The van der Waals surface area contributed by atoms with Crippen LogP contribution in [-0.2, 0) is 6.61 Å². The Hall–Kier alpha value is -1.80. The molecule has 1 nitrogen and oxygen atoms in total. The Morgan fingerprint density at radius 1 is 1.11 bits per heavy atom. The molecule has 3 heteroatoms. The second-order valence-corrected chi connectivity index (χ2v) is 4.35. The highest BCUT2D eigenvalue weighted by atomic mass is 35.5. The van der Waals surface area contributed by atoms with Crippen molar-refractivity contribution in [2.45, 2.75) is 6.61 Å². The van der Waals surface area contributed by atoms with Crippen LogP contribution >= 0.6 is 11.6 Å². The fraction of sp³-hybridized carbons (Fsp3) is 0.125. The third-order valence-corrected chi connectivity index (χ3v) is 2.75. The Kier molecular flexibility index (Phi) is 4.99. The molecule has 0 unspecified atom stereocenters. The molecule has 0 fully saturated rings. The maximum atomic E-state index is 13.0. The molecule has 0 spiro atoms. The molecule has 0 atom stereocenters. The van der Waals surface area contributed by atoms with Gasteiger partial charge in [-0.1, -0.05) is 36.4 Å². The first-order valence-electron chi connectivity index (χ1n) is 5.98. The van der Waals surface area contributed by atoms with Crippen LogP contribution in [0.25, 0.3) is 6.08 Å². The number of allylic oxidation sites excluding steroid dienone is 1. The van der Waals surface area contributed by atoms with Crippen molar-refractivity contribution in [3.05, 3.63) is 71.6 Å². The van der Waals surface area contributed by atoms with E-state index in [2.05, 4.69) is 0 Å². The zero-order valence-corrected chi connectivity index (χ0v) is 11.1. The van der Waals surface area contributed by atoms with Crippen LogP contribution in [-0.4, -0.2) is 5.88 Å². The van der Waals surface area contributed by atoms with E-state index in [9.17, 15) is 4.39 Å². The minimum atomic E-state index is -0.248. The van der Waals surface area contributed by atoms with Gasteiger partial charge in [0.2, 0.25) is 0 Å². The van der Waals surface area contributed by atoms with Crippen LogP contribution < -0.4 is 4.74 Å². The Bertz CT molecular complexity index is 549. The van der Waals surface area contributed by atoms with Gasteiger partial charge >= 0.3 is 0 Å². The van der Waals surface area contributed by atoms with Crippen LogP contribution in [0.2, 0.25) is 0 Å². The number of halogens is 2. The van der Waals surface area contributed by atoms with Crippen molar-refractivity contribution in [1.82, 2.24) is 0 Å². The lowest BCUT2D eigenvalue weighted by atomic mass is 10.2. The largest absolute Gasteiger partial charge is 0.489 e. The average Bonchev–Trinajstić information content (AvgIpc) is 2.44. The lowest BCUT2D eigenvalue weighted by Crippen LogP contribution is -1.95. The molecule has 0 N–H and O–H groups in total. The second-order valence-electron chi connectivity index (χ2n) is 4.04. The van der Waals surface area contributed by atoms with E-state index in [1.165, 1.54) is 12.1 Å². The number of hydrogen-bond acceptors (Lipinski definition) is 1. The minimum absolute atomic E-state index is 0.248. The van der Waals surface area contributed by atoms with Gasteiger partial charge in [-0.15, -0.1) is 11.6 Å². The van der Waals surface area contributed by atoms with Crippen LogP contribution in [0.15, 0.2) is 54.6 Å². The van der Waals surface area contributed by atoms with E-state index in [-0.39, 0.29) is 5.82 Å². The lowest BCUT2D eigenvalue weighted by Gasteiger charge is -2.06. The van der Waals surface area contributed by atoms with E-state index < -0.39 is 0 Å². The molecule has 0 amide bonds. The minimum Gasteiger partial charge on any atom is -0.489 e. The molecule has 0 aliphatic carbocycles. The van der Waals surface area contributed by atoms with Crippen LogP contribution in [0.3, 0.4) is 0 Å².